The topological polar surface area (TPSA) is 29.3 Å². The zero-order valence-corrected chi connectivity index (χ0v) is 11.0. The third-order valence-corrected chi connectivity index (χ3v) is 3.12. The molecular weight excluding hydrogens is 232 g/mol. The fourth-order valence-corrected chi connectivity index (χ4v) is 2.14. The van der Waals surface area contributed by atoms with Gasteiger partial charge in [-0.2, -0.15) is 0 Å². The smallest absolute Gasteiger partial charge is 0.0169 e. The summed E-state index contributed by atoms with van der Waals surface area (Å²) in [5, 5.41) is 0. The third-order valence-electron chi connectivity index (χ3n) is 3.12. The van der Waals surface area contributed by atoms with E-state index in [1.165, 1.54) is 17.7 Å². The SMILES string of the molecule is Cl.NCCCN1CC=C(c2ccccc2)CC1. The monoisotopic (exact) mass is 252 g/mol. The average molecular weight is 253 g/mol. The van der Waals surface area contributed by atoms with Gasteiger partial charge in [0, 0.05) is 13.1 Å². The highest BCUT2D eigenvalue weighted by Crippen LogP contribution is 2.21. The van der Waals surface area contributed by atoms with Crippen LogP contribution in [0.15, 0.2) is 36.4 Å². The van der Waals surface area contributed by atoms with Gasteiger partial charge in [0.05, 0.1) is 0 Å². The molecule has 17 heavy (non-hydrogen) atoms. The van der Waals surface area contributed by atoms with Crippen LogP contribution in [0.1, 0.15) is 18.4 Å². The predicted molar refractivity (Wildman–Crippen MR) is 76.4 cm³/mol. The molecule has 1 aliphatic rings. The van der Waals surface area contributed by atoms with E-state index in [1.54, 1.807) is 0 Å². The largest absolute Gasteiger partial charge is 0.330 e. The van der Waals surface area contributed by atoms with E-state index in [2.05, 4.69) is 41.3 Å². The van der Waals surface area contributed by atoms with Gasteiger partial charge in [0.25, 0.3) is 0 Å². The Labute approximate surface area is 110 Å². The van der Waals surface area contributed by atoms with Crippen LogP contribution in [0.4, 0.5) is 0 Å². The van der Waals surface area contributed by atoms with Crippen LogP contribution in [0.2, 0.25) is 0 Å². The molecule has 0 fully saturated rings. The second-order valence-corrected chi connectivity index (χ2v) is 4.29. The lowest BCUT2D eigenvalue weighted by molar-refractivity contribution is 0.300. The highest BCUT2D eigenvalue weighted by molar-refractivity contribution is 5.85. The lowest BCUT2D eigenvalue weighted by Gasteiger charge is -2.26. The Morgan fingerprint density at radius 2 is 1.94 bits per heavy atom. The van der Waals surface area contributed by atoms with Crippen molar-refractivity contribution in [2.24, 2.45) is 5.73 Å². The summed E-state index contributed by atoms with van der Waals surface area (Å²) in [6.07, 6.45) is 4.62. The molecule has 3 heteroatoms. The summed E-state index contributed by atoms with van der Waals surface area (Å²) in [4.78, 5) is 2.47. The van der Waals surface area contributed by atoms with Gasteiger partial charge in [-0.3, -0.25) is 4.90 Å². The van der Waals surface area contributed by atoms with E-state index in [-0.39, 0.29) is 12.4 Å². The summed E-state index contributed by atoms with van der Waals surface area (Å²) in [6, 6.07) is 10.7. The van der Waals surface area contributed by atoms with Crippen molar-refractivity contribution in [3.63, 3.8) is 0 Å². The Hall–Kier alpha value is -0.830. The van der Waals surface area contributed by atoms with Crippen LogP contribution in [0, 0.1) is 0 Å². The van der Waals surface area contributed by atoms with Gasteiger partial charge >= 0.3 is 0 Å². The Balaban J connectivity index is 0.00000144. The van der Waals surface area contributed by atoms with Crippen molar-refractivity contribution in [1.82, 2.24) is 4.90 Å². The molecule has 1 aromatic rings. The molecule has 0 atom stereocenters. The van der Waals surface area contributed by atoms with Gasteiger partial charge < -0.3 is 5.73 Å². The van der Waals surface area contributed by atoms with Crippen molar-refractivity contribution in [3.8, 4) is 0 Å². The zero-order chi connectivity index (χ0) is 11.2. The highest BCUT2D eigenvalue weighted by Gasteiger charge is 2.11. The van der Waals surface area contributed by atoms with Crippen molar-refractivity contribution in [3.05, 3.63) is 42.0 Å². The standard InChI is InChI=1S/C14H20N2.ClH/c15-9-4-10-16-11-7-14(8-12-16)13-5-2-1-3-6-13;/h1-3,5-7H,4,8-12,15H2;1H. The molecule has 0 radical (unpaired) electrons. The molecule has 0 unspecified atom stereocenters. The van der Waals surface area contributed by atoms with Crippen LogP contribution >= 0.6 is 12.4 Å². The van der Waals surface area contributed by atoms with Crippen LogP contribution in [-0.4, -0.2) is 31.1 Å². The number of nitrogens with two attached hydrogens (primary N) is 1. The number of benzene rings is 1. The molecule has 0 amide bonds. The van der Waals surface area contributed by atoms with Crippen LogP contribution < -0.4 is 5.73 Å². The number of hydrogen-bond acceptors (Lipinski definition) is 2. The minimum atomic E-state index is 0. The first kappa shape index (κ1) is 14.2. The molecule has 0 aromatic heterocycles. The maximum Gasteiger partial charge on any atom is 0.0169 e. The molecule has 1 aromatic carbocycles. The quantitative estimate of drug-likeness (QED) is 0.893. The van der Waals surface area contributed by atoms with E-state index in [0.29, 0.717) is 0 Å². The highest BCUT2D eigenvalue weighted by atomic mass is 35.5. The number of halogens is 1. The first-order valence-corrected chi connectivity index (χ1v) is 6.07. The minimum absolute atomic E-state index is 0. The summed E-state index contributed by atoms with van der Waals surface area (Å²) >= 11 is 0. The molecule has 2 N–H and O–H groups in total. The molecule has 94 valence electrons. The predicted octanol–water partition coefficient (Wildman–Crippen LogP) is 2.55. The maximum atomic E-state index is 5.52. The summed E-state index contributed by atoms with van der Waals surface area (Å²) in [5.41, 5.74) is 8.39. The van der Waals surface area contributed by atoms with E-state index in [0.717, 1.165) is 32.5 Å². The molecule has 0 spiro atoms. The number of rotatable bonds is 4. The second-order valence-electron chi connectivity index (χ2n) is 4.29. The van der Waals surface area contributed by atoms with Gasteiger partial charge in [-0.1, -0.05) is 36.4 Å². The van der Waals surface area contributed by atoms with Crippen molar-refractivity contribution in [2.75, 3.05) is 26.2 Å². The van der Waals surface area contributed by atoms with Gasteiger partial charge in [-0.15, -0.1) is 12.4 Å². The molecule has 0 bridgehead atoms. The summed E-state index contributed by atoms with van der Waals surface area (Å²) in [7, 11) is 0. The van der Waals surface area contributed by atoms with Gasteiger partial charge in [0.2, 0.25) is 0 Å². The molecule has 0 saturated heterocycles. The van der Waals surface area contributed by atoms with Crippen molar-refractivity contribution < 1.29 is 0 Å². The van der Waals surface area contributed by atoms with Crippen molar-refractivity contribution in [1.29, 1.82) is 0 Å². The van der Waals surface area contributed by atoms with Crippen LogP contribution in [0.5, 0.6) is 0 Å². The molecule has 1 heterocycles. The molecular formula is C14H21ClN2. The molecule has 1 aliphatic heterocycles. The van der Waals surface area contributed by atoms with Gasteiger partial charge in [0.1, 0.15) is 0 Å². The van der Waals surface area contributed by atoms with Crippen molar-refractivity contribution in [2.45, 2.75) is 12.8 Å². The lowest BCUT2D eigenvalue weighted by Crippen LogP contribution is -2.30. The van der Waals surface area contributed by atoms with Crippen LogP contribution in [0.3, 0.4) is 0 Å². The maximum absolute atomic E-state index is 5.52. The van der Waals surface area contributed by atoms with E-state index in [4.69, 9.17) is 5.73 Å². The minimum Gasteiger partial charge on any atom is -0.330 e. The van der Waals surface area contributed by atoms with E-state index in [9.17, 15) is 0 Å². The molecule has 2 rings (SSSR count). The Morgan fingerprint density at radius 3 is 2.53 bits per heavy atom. The zero-order valence-electron chi connectivity index (χ0n) is 10.1. The fourth-order valence-electron chi connectivity index (χ4n) is 2.14. The van der Waals surface area contributed by atoms with Gasteiger partial charge in [0.15, 0.2) is 0 Å². The second kappa shape index (κ2) is 7.49. The number of nitrogens with zero attached hydrogens (tertiary/aromatic N) is 1. The van der Waals surface area contributed by atoms with Gasteiger partial charge in [-0.05, 0) is 37.1 Å². The van der Waals surface area contributed by atoms with Crippen molar-refractivity contribution >= 4 is 18.0 Å². The summed E-state index contributed by atoms with van der Waals surface area (Å²) in [6.45, 7) is 4.17. The van der Waals surface area contributed by atoms with Crippen LogP contribution in [0.25, 0.3) is 5.57 Å². The van der Waals surface area contributed by atoms with E-state index < -0.39 is 0 Å². The average Bonchev–Trinajstić information content (AvgIpc) is 2.38. The Morgan fingerprint density at radius 1 is 1.18 bits per heavy atom. The first-order valence-electron chi connectivity index (χ1n) is 6.07. The van der Waals surface area contributed by atoms with Crippen LogP contribution in [-0.2, 0) is 0 Å². The first-order chi connectivity index (χ1) is 7.90. The van der Waals surface area contributed by atoms with Gasteiger partial charge in [-0.25, -0.2) is 0 Å². The Bertz CT molecular complexity index is 348. The van der Waals surface area contributed by atoms with E-state index >= 15 is 0 Å². The molecule has 0 aliphatic carbocycles. The normalized spacial score (nSPS) is 16.2. The molecule has 2 nitrogen and oxygen atoms in total. The Kier molecular flexibility index (Phi) is 6.27. The molecule has 0 saturated carbocycles. The number of hydrogen-bond donors (Lipinski definition) is 1. The summed E-state index contributed by atoms with van der Waals surface area (Å²) in [5.74, 6) is 0. The third kappa shape index (κ3) is 4.15. The van der Waals surface area contributed by atoms with E-state index in [1.807, 2.05) is 0 Å². The lowest BCUT2D eigenvalue weighted by atomic mass is 9.99. The summed E-state index contributed by atoms with van der Waals surface area (Å²) < 4.78 is 0. The fraction of sp³-hybridized carbons (Fsp3) is 0.429.